The zero-order valence-corrected chi connectivity index (χ0v) is 13.8. The molecule has 0 spiro atoms. The van der Waals surface area contributed by atoms with Crippen molar-refractivity contribution >= 4 is 30.0 Å². The van der Waals surface area contributed by atoms with Crippen LogP contribution in [0.4, 0.5) is 0 Å². The minimum Gasteiger partial charge on any atom is -0.484 e. The Labute approximate surface area is 142 Å². The van der Waals surface area contributed by atoms with Crippen LogP contribution in [0.5, 0.6) is 5.75 Å². The number of halogens is 1. The molecule has 0 atom stereocenters. The van der Waals surface area contributed by atoms with E-state index < -0.39 is 0 Å². The lowest BCUT2D eigenvalue weighted by Crippen LogP contribution is -1.94. The minimum atomic E-state index is 0.280. The van der Waals surface area contributed by atoms with E-state index in [2.05, 4.69) is 15.3 Å². The average Bonchev–Trinajstić information content (AvgIpc) is 3.12. The summed E-state index contributed by atoms with van der Waals surface area (Å²) in [5, 5.41) is 11.4. The molecule has 3 aromatic rings. The first-order valence-corrected chi connectivity index (χ1v) is 7.56. The van der Waals surface area contributed by atoms with Crippen LogP contribution in [-0.4, -0.2) is 21.1 Å². The van der Waals surface area contributed by atoms with E-state index in [1.54, 1.807) is 31.3 Å². The number of ether oxygens (including phenoxy) is 1. The highest BCUT2D eigenvalue weighted by Crippen LogP contribution is 2.24. The van der Waals surface area contributed by atoms with Gasteiger partial charge in [0.1, 0.15) is 29.7 Å². The Morgan fingerprint density at radius 2 is 2.22 bits per heavy atom. The van der Waals surface area contributed by atoms with Gasteiger partial charge in [0.2, 0.25) is 4.77 Å². The summed E-state index contributed by atoms with van der Waals surface area (Å²) in [6, 6.07) is 10.9. The number of rotatable bonds is 5. The fraction of sp³-hybridized carbons (Fsp3) is 0.133. The van der Waals surface area contributed by atoms with Crippen molar-refractivity contribution in [3.63, 3.8) is 0 Å². The van der Waals surface area contributed by atoms with E-state index in [0.717, 1.165) is 0 Å². The molecule has 0 aliphatic rings. The number of nitrogens with zero attached hydrogens (tertiary/aromatic N) is 3. The molecule has 0 fully saturated rings. The molecule has 0 radical (unpaired) electrons. The van der Waals surface area contributed by atoms with E-state index in [1.165, 1.54) is 4.68 Å². The van der Waals surface area contributed by atoms with Gasteiger partial charge in [-0.25, -0.2) is 0 Å². The number of para-hydroxylation sites is 1. The van der Waals surface area contributed by atoms with Gasteiger partial charge in [-0.2, -0.15) is 14.9 Å². The van der Waals surface area contributed by atoms with Crippen molar-refractivity contribution < 1.29 is 9.15 Å². The third-order valence-corrected chi connectivity index (χ3v) is 3.58. The zero-order chi connectivity index (χ0) is 16.2. The molecule has 0 bridgehead atoms. The van der Waals surface area contributed by atoms with Gasteiger partial charge in [0.05, 0.1) is 11.2 Å². The first-order chi connectivity index (χ1) is 11.1. The van der Waals surface area contributed by atoms with Crippen molar-refractivity contribution in [3.05, 3.63) is 63.5 Å². The van der Waals surface area contributed by atoms with Crippen molar-refractivity contribution in [2.75, 3.05) is 0 Å². The molecule has 2 aromatic heterocycles. The third-order valence-electron chi connectivity index (χ3n) is 3.00. The van der Waals surface area contributed by atoms with Crippen LogP contribution in [0.25, 0.3) is 0 Å². The number of benzene rings is 1. The molecule has 2 heterocycles. The summed E-state index contributed by atoms with van der Waals surface area (Å²) >= 11 is 11.1. The largest absolute Gasteiger partial charge is 0.484 e. The molecule has 23 heavy (non-hydrogen) atoms. The molecular weight excluding hydrogens is 336 g/mol. The van der Waals surface area contributed by atoms with Gasteiger partial charge in [-0.05, 0) is 43.4 Å². The lowest BCUT2D eigenvalue weighted by atomic mass is 10.3. The van der Waals surface area contributed by atoms with Gasteiger partial charge in [0.25, 0.3) is 0 Å². The monoisotopic (exact) mass is 348 g/mol. The van der Waals surface area contributed by atoms with Crippen molar-refractivity contribution in [2.45, 2.75) is 13.5 Å². The van der Waals surface area contributed by atoms with E-state index >= 15 is 0 Å². The topological polar surface area (TPSA) is 68.3 Å². The third kappa shape index (κ3) is 3.69. The molecule has 1 aromatic carbocycles. The molecule has 0 unspecified atom stereocenters. The Bertz CT molecular complexity index is 897. The number of aromatic amines is 1. The summed E-state index contributed by atoms with van der Waals surface area (Å²) in [5.41, 5.74) is 0. The lowest BCUT2D eigenvalue weighted by Gasteiger charge is -2.05. The summed E-state index contributed by atoms with van der Waals surface area (Å²) in [7, 11) is 0. The predicted molar refractivity (Wildman–Crippen MR) is 89.6 cm³/mol. The molecule has 0 saturated carbocycles. The molecule has 8 heteroatoms. The quantitative estimate of drug-likeness (QED) is 0.559. The van der Waals surface area contributed by atoms with E-state index in [0.29, 0.717) is 32.9 Å². The van der Waals surface area contributed by atoms with Crippen molar-refractivity contribution in [2.24, 2.45) is 5.10 Å². The number of hydrogen-bond donors (Lipinski definition) is 1. The van der Waals surface area contributed by atoms with Crippen LogP contribution in [0.2, 0.25) is 5.02 Å². The molecular formula is C15H13ClN4O2S. The van der Waals surface area contributed by atoms with Crippen LogP contribution in [0.1, 0.15) is 17.3 Å². The number of aryl methyl sites for hydroxylation is 1. The van der Waals surface area contributed by atoms with Crippen LogP contribution in [0.3, 0.4) is 0 Å². The van der Waals surface area contributed by atoms with Crippen molar-refractivity contribution in [1.82, 2.24) is 14.9 Å². The zero-order valence-electron chi connectivity index (χ0n) is 12.2. The van der Waals surface area contributed by atoms with E-state index in [1.807, 2.05) is 18.2 Å². The molecule has 1 N–H and O–H groups in total. The van der Waals surface area contributed by atoms with Crippen LogP contribution in [0.15, 0.2) is 45.9 Å². The maximum Gasteiger partial charge on any atom is 0.216 e. The number of furan rings is 1. The Morgan fingerprint density at radius 3 is 2.96 bits per heavy atom. The Hall–Kier alpha value is -2.38. The number of H-pyrrole nitrogens is 1. The Balaban J connectivity index is 1.67. The van der Waals surface area contributed by atoms with E-state index in [4.69, 9.17) is 33.0 Å². The summed E-state index contributed by atoms with van der Waals surface area (Å²) in [5.74, 6) is 2.53. The van der Waals surface area contributed by atoms with Gasteiger partial charge >= 0.3 is 0 Å². The molecule has 118 valence electrons. The van der Waals surface area contributed by atoms with Crippen LogP contribution in [-0.2, 0) is 6.61 Å². The Kier molecular flexibility index (Phi) is 4.59. The van der Waals surface area contributed by atoms with Crippen LogP contribution >= 0.6 is 23.8 Å². The van der Waals surface area contributed by atoms with Gasteiger partial charge in [0.15, 0.2) is 0 Å². The molecule has 6 nitrogen and oxygen atoms in total. The van der Waals surface area contributed by atoms with Crippen LogP contribution < -0.4 is 4.74 Å². The number of hydrogen-bond acceptors (Lipinski definition) is 5. The van der Waals surface area contributed by atoms with Crippen LogP contribution in [0, 0.1) is 11.7 Å². The highest BCUT2D eigenvalue weighted by Gasteiger charge is 2.04. The van der Waals surface area contributed by atoms with Gasteiger partial charge in [-0.1, -0.05) is 23.7 Å². The maximum atomic E-state index is 6.03. The molecule has 0 aliphatic heterocycles. The summed E-state index contributed by atoms with van der Waals surface area (Å²) in [6.45, 7) is 2.08. The second kappa shape index (κ2) is 6.80. The minimum absolute atomic E-state index is 0.280. The van der Waals surface area contributed by atoms with Crippen molar-refractivity contribution in [1.29, 1.82) is 0 Å². The highest BCUT2D eigenvalue weighted by atomic mass is 35.5. The van der Waals surface area contributed by atoms with E-state index in [-0.39, 0.29) is 6.61 Å². The first kappa shape index (κ1) is 15.5. The lowest BCUT2D eigenvalue weighted by molar-refractivity contribution is 0.270. The SMILES string of the molecule is Cc1n[nH]c(=S)n1N=Cc1ccc(COc2ccccc2Cl)o1. The summed E-state index contributed by atoms with van der Waals surface area (Å²) < 4.78 is 13.2. The van der Waals surface area contributed by atoms with Gasteiger partial charge < -0.3 is 9.15 Å². The summed E-state index contributed by atoms with van der Waals surface area (Å²) in [6.07, 6.45) is 1.57. The highest BCUT2D eigenvalue weighted by molar-refractivity contribution is 7.71. The normalized spacial score (nSPS) is 11.2. The molecule has 0 amide bonds. The van der Waals surface area contributed by atoms with Gasteiger partial charge in [0, 0.05) is 0 Å². The number of aromatic nitrogens is 3. The Morgan fingerprint density at radius 1 is 1.39 bits per heavy atom. The standard InChI is InChI=1S/C15H13ClN4O2S/c1-10-18-19-15(23)20(10)17-8-11-6-7-12(22-11)9-21-14-5-3-2-4-13(14)16/h2-8H,9H2,1H3,(H,19,23). The van der Waals surface area contributed by atoms with Gasteiger partial charge in [-0.15, -0.1) is 0 Å². The average molecular weight is 349 g/mol. The predicted octanol–water partition coefficient (Wildman–Crippen LogP) is 3.96. The fourth-order valence-corrected chi connectivity index (χ4v) is 2.29. The smallest absolute Gasteiger partial charge is 0.216 e. The maximum absolute atomic E-state index is 6.03. The molecule has 0 saturated heterocycles. The van der Waals surface area contributed by atoms with Crippen molar-refractivity contribution in [3.8, 4) is 5.75 Å². The molecule has 0 aliphatic carbocycles. The second-order valence-corrected chi connectivity index (χ2v) is 5.45. The molecule has 3 rings (SSSR count). The van der Waals surface area contributed by atoms with E-state index in [9.17, 15) is 0 Å². The fourth-order valence-electron chi connectivity index (χ4n) is 1.87. The summed E-state index contributed by atoms with van der Waals surface area (Å²) in [4.78, 5) is 0. The number of nitrogens with one attached hydrogen (secondary N) is 1. The van der Waals surface area contributed by atoms with Gasteiger partial charge in [-0.3, -0.25) is 5.10 Å². The second-order valence-electron chi connectivity index (χ2n) is 4.66. The first-order valence-electron chi connectivity index (χ1n) is 6.78.